The molecule has 3 atom stereocenters. The number of benzene rings is 1. The van der Waals surface area contributed by atoms with E-state index in [0.717, 1.165) is 12.3 Å². The number of rotatable bonds is 4. The van der Waals surface area contributed by atoms with Crippen LogP contribution in [0.3, 0.4) is 0 Å². The van der Waals surface area contributed by atoms with E-state index in [1.165, 1.54) is 18.2 Å². The second kappa shape index (κ2) is 5.84. The summed E-state index contributed by atoms with van der Waals surface area (Å²) in [5.41, 5.74) is -2.14. The quantitative estimate of drug-likeness (QED) is 0.830. The fourth-order valence-corrected chi connectivity index (χ4v) is 4.69. The zero-order valence-corrected chi connectivity index (χ0v) is 14.7. The van der Waals surface area contributed by atoms with Crippen LogP contribution < -0.4 is 5.32 Å². The molecule has 0 bridgehead atoms. The highest BCUT2D eigenvalue weighted by Gasteiger charge is 2.72. The smallest absolute Gasteiger partial charge is 0.408 e. The minimum Gasteiger partial charge on any atom is -0.444 e. The van der Waals surface area contributed by atoms with Crippen molar-refractivity contribution >= 4 is 22.2 Å². The molecule has 132 valence electrons. The first-order chi connectivity index (χ1) is 10.9. The van der Waals surface area contributed by atoms with Crippen LogP contribution in [0.25, 0.3) is 0 Å². The molecular weight excluding hydrogens is 337 g/mol. The predicted octanol–water partition coefficient (Wildman–Crippen LogP) is 1.80. The molecule has 0 aromatic heterocycles. The normalized spacial score (nSPS) is 26.5. The monoisotopic (exact) mass is 357 g/mol. The molecule has 0 radical (unpaired) electrons. The third-order valence-electron chi connectivity index (χ3n) is 3.76. The number of halogens is 1. The third kappa shape index (κ3) is 3.58. The number of carbonyl (C=O) groups is 2. The summed E-state index contributed by atoms with van der Waals surface area (Å²) in [7, 11) is -3.67. The molecule has 0 saturated heterocycles. The first kappa shape index (κ1) is 18.4. The van der Waals surface area contributed by atoms with Gasteiger partial charge in [0, 0.05) is 12.2 Å². The Labute approximate surface area is 140 Å². The summed E-state index contributed by atoms with van der Waals surface area (Å²) in [6.45, 7) is 4.93. The van der Waals surface area contributed by atoms with Gasteiger partial charge in [-0.1, -0.05) is 12.1 Å². The number of hydrogen-bond donors (Lipinski definition) is 1. The van der Waals surface area contributed by atoms with Gasteiger partial charge in [0.2, 0.25) is 0 Å². The van der Waals surface area contributed by atoms with Crippen molar-refractivity contribution in [2.45, 2.75) is 43.1 Å². The molecule has 1 fully saturated rings. The van der Waals surface area contributed by atoms with Gasteiger partial charge in [0.25, 0.3) is 0 Å². The predicted molar refractivity (Wildman–Crippen MR) is 85.9 cm³/mol. The molecule has 1 N–H and O–H groups in total. The van der Waals surface area contributed by atoms with Gasteiger partial charge in [-0.2, -0.15) is 0 Å². The number of hydrogen-bond acceptors (Lipinski definition) is 5. The van der Waals surface area contributed by atoms with Crippen molar-refractivity contribution in [1.82, 2.24) is 5.32 Å². The van der Waals surface area contributed by atoms with Crippen molar-refractivity contribution in [3.63, 3.8) is 0 Å². The molecule has 0 spiro atoms. The van der Waals surface area contributed by atoms with Crippen molar-refractivity contribution in [1.29, 1.82) is 0 Å². The number of sulfone groups is 1. The van der Waals surface area contributed by atoms with Crippen LogP contribution >= 0.6 is 0 Å². The van der Waals surface area contributed by atoms with Gasteiger partial charge in [0.1, 0.15) is 28.5 Å². The van der Waals surface area contributed by atoms with E-state index in [4.69, 9.17) is 4.74 Å². The Morgan fingerprint density at radius 1 is 1.38 bits per heavy atom. The van der Waals surface area contributed by atoms with Gasteiger partial charge in [0.05, 0.1) is 0 Å². The molecule has 1 aliphatic carbocycles. The zero-order valence-electron chi connectivity index (χ0n) is 13.9. The third-order valence-corrected chi connectivity index (χ3v) is 5.35. The fourth-order valence-electron chi connectivity index (χ4n) is 2.93. The van der Waals surface area contributed by atoms with E-state index in [2.05, 4.69) is 5.32 Å². The molecule has 8 heteroatoms. The van der Waals surface area contributed by atoms with Crippen molar-refractivity contribution < 1.29 is 27.1 Å². The summed E-state index contributed by atoms with van der Waals surface area (Å²) in [6, 6.07) is 5.31. The van der Waals surface area contributed by atoms with Crippen molar-refractivity contribution in [2.75, 3.05) is 6.26 Å². The van der Waals surface area contributed by atoms with Gasteiger partial charge >= 0.3 is 6.09 Å². The number of nitrogens with one attached hydrogen (secondary N) is 1. The van der Waals surface area contributed by atoms with Gasteiger partial charge in [-0.25, -0.2) is 17.6 Å². The van der Waals surface area contributed by atoms with Crippen molar-refractivity contribution in [3.8, 4) is 0 Å². The average molecular weight is 357 g/mol. The van der Waals surface area contributed by atoms with Crippen LogP contribution in [0, 0.1) is 5.82 Å². The maximum Gasteiger partial charge on any atom is 0.408 e. The lowest BCUT2D eigenvalue weighted by Gasteiger charge is -2.22. The molecule has 2 rings (SSSR count). The van der Waals surface area contributed by atoms with Gasteiger partial charge in [-0.15, -0.1) is 0 Å². The molecule has 6 nitrogen and oxygen atoms in total. The Bertz CT molecular complexity index is 771. The Balaban J connectivity index is 2.38. The summed E-state index contributed by atoms with van der Waals surface area (Å²) < 4.78 is 42.7. The molecule has 1 aromatic carbocycles. The van der Waals surface area contributed by atoms with Crippen LogP contribution in [-0.2, 0) is 19.4 Å². The Hall–Kier alpha value is -1.96. The lowest BCUT2D eigenvalue weighted by molar-refractivity contribution is -0.110. The zero-order chi connectivity index (χ0) is 18.3. The van der Waals surface area contributed by atoms with Crippen molar-refractivity contribution in [2.24, 2.45) is 0 Å². The summed E-state index contributed by atoms with van der Waals surface area (Å²) in [4.78, 5) is 23.7. The van der Waals surface area contributed by atoms with Crippen LogP contribution in [0.15, 0.2) is 24.3 Å². The van der Waals surface area contributed by atoms with Crippen LogP contribution in [0.2, 0.25) is 0 Å². The number of amides is 1. The molecule has 1 aromatic rings. The molecule has 24 heavy (non-hydrogen) atoms. The molecule has 1 saturated carbocycles. The second-order valence-corrected chi connectivity index (χ2v) is 9.13. The van der Waals surface area contributed by atoms with Crippen molar-refractivity contribution in [3.05, 3.63) is 35.6 Å². The lowest BCUT2D eigenvalue weighted by Crippen LogP contribution is -2.45. The fraction of sp³-hybridized carbons (Fsp3) is 0.500. The van der Waals surface area contributed by atoms with Crippen LogP contribution in [0.1, 0.15) is 32.3 Å². The van der Waals surface area contributed by atoms with Crippen LogP contribution in [0.5, 0.6) is 0 Å². The molecular formula is C16H20FNO5S. The summed E-state index contributed by atoms with van der Waals surface area (Å²) in [5, 5.41) is 1.20. The highest BCUT2D eigenvalue weighted by Crippen LogP contribution is 2.54. The highest BCUT2D eigenvalue weighted by molar-refractivity contribution is 7.91. The molecule has 1 amide bonds. The summed E-state index contributed by atoms with van der Waals surface area (Å²) >= 11 is 0. The van der Waals surface area contributed by atoms with Crippen LogP contribution in [0.4, 0.5) is 9.18 Å². The molecule has 0 aliphatic heterocycles. The number of ether oxygens (including phenoxy) is 1. The van der Waals surface area contributed by atoms with E-state index in [1.54, 1.807) is 20.8 Å². The molecule has 1 aliphatic rings. The van der Waals surface area contributed by atoms with E-state index in [0.29, 0.717) is 11.8 Å². The Morgan fingerprint density at radius 2 is 2.00 bits per heavy atom. The first-order valence-corrected chi connectivity index (χ1v) is 9.28. The Kier molecular flexibility index (Phi) is 4.47. The highest BCUT2D eigenvalue weighted by atomic mass is 32.2. The van der Waals surface area contributed by atoms with Gasteiger partial charge in [0.15, 0.2) is 9.84 Å². The van der Waals surface area contributed by atoms with E-state index in [9.17, 15) is 22.4 Å². The van der Waals surface area contributed by atoms with E-state index >= 15 is 0 Å². The summed E-state index contributed by atoms with van der Waals surface area (Å²) in [6.07, 6.45) is 0.464. The van der Waals surface area contributed by atoms with Gasteiger partial charge < -0.3 is 14.8 Å². The minimum absolute atomic E-state index is 0.327. The topological polar surface area (TPSA) is 89.5 Å². The lowest BCUT2D eigenvalue weighted by atomic mass is 10.1. The number of aldehydes is 1. The SMILES string of the molecule is CC(C)(C)OC(=O)N[C@@]1(C=O)[C@H](S(C)(=O)=O)[C@@H]1c1cccc(F)c1. The van der Waals surface area contributed by atoms with E-state index in [-0.39, 0.29) is 0 Å². The largest absolute Gasteiger partial charge is 0.444 e. The van der Waals surface area contributed by atoms with Crippen LogP contribution in [-0.4, -0.2) is 43.4 Å². The standard InChI is InChI=1S/C16H20FNO5S/c1-15(2,3)23-14(20)18-16(9-19)12(13(16)24(4,21)22)10-6-5-7-11(17)8-10/h5-9,12-13H,1-4H3,(H,18,20)/t12-,13+,16+/m0/s1. The number of alkyl carbamates (subject to hydrolysis) is 1. The van der Waals surface area contributed by atoms with E-state index < -0.39 is 44.1 Å². The van der Waals surface area contributed by atoms with Gasteiger partial charge in [-0.3, -0.25) is 0 Å². The molecule has 0 heterocycles. The minimum atomic E-state index is -3.67. The van der Waals surface area contributed by atoms with Gasteiger partial charge in [-0.05, 0) is 38.5 Å². The Morgan fingerprint density at radius 3 is 2.46 bits per heavy atom. The number of carbonyl (C=O) groups excluding carboxylic acids is 2. The summed E-state index contributed by atoms with van der Waals surface area (Å²) in [5.74, 6) is -1.42. The average Bonchev–Trinajstić information content (AvgIpc) is 3.05. The van der Waals surface area contributed by atoms with E-state index in [1.807, 2.05) is 0 Å². The molecule has 0 unspecified atom stereocenters. The first-order valence-electron chi connectivity index (χ1n) is 7.32. The maximum absolute atomic E-state index is 13.5. The maximum atomic E-state index is 13.5. The second-order valence-electron chi connectivity index (χ2n) is 6.96.